The number of halogens is 1. The first-order chi connectivity index (χ1) is 12.0. The third kappa shape index (κ3) is 5.27. The van der Waals surface area contributed by atoms with Crippen molar-refractivity contribution >= 4 is 11.6 Å². The van der Waals surface area contributed by atoms with Crippen molar-refractivity contribution in [1.29, 1.82) is 0 Å². The smallest absolute Gasteiger partial charge is 0.193 e. The maximum atomic E-state index is 13.3. The van der Waals surface area contributed by atoms with E-state index in [1.165, 1.54) is 12.1 Å². The van der Waals surface area contributed by atoms with Crippen LogP contribution >= 0.6 is 0 Å². The second kappa shape index (κ2) is 8.77. The summed E-state index contributed by atoms with van der Waals surface area (Å²) in [5.41, 5.74) is 7.13. The number of phenols is 1. The van der Waals surface area contributed by atoms with E-state index in [2.05, 4.69) is 10.3 Å². The average molecular weight is 347 g/mol. The van der Waals surface area contributed by atoms with E-state index in [0.29, 0.717) is 36.0 Å². The Labute approximate surface area is 146 Å². The van der Waals surface area contributed by atoms with Gasteiger partial charge in [0.05, 0.1) is 25.4 Å². The molecule has 2 rings (SSSR count). The van der Waals surface area contributed by atoms with E-state index in [-0.39, 0.29) is 12.5 Å². The normalized spacial score (nSPS) is 11.2. The van der Waals surface area contributed by atoms with Crippen LogP contribution in [0.1, 0.15) is 19.4 Å². The van der Waals surface area contributed by atoms with E-state index < -0.39 is 11.6 Å². The molecule has 2 aromatic carbocycles. The molecule has 0 aliphatic carbocycles. The first-order valence-corrected chi connectivity index (χ1v) is 7.97. The molecule has 2 aromatic rings. The van der Waals surface area contributed by atoms with Gasteiger partial charge < -0.3 is 25.6 Å². The SMILES string of the molecule is CCOc1ccc(OCC)c(NC(N)=NCc2ccc(O)c(F)c2)c1. The fourth-order valence-corrected chi connectivity index (χ4v) is 2.15. The van der Waals surface area contributed by atoms with Crippen molar-refractivity contribution in [2.75, 3.05) is 18.5 Å². The van der Waals surface area contributed by atoms with E-state index in [9.17, 15) is 9.50 Å². The summed E-state index contributed by atoms with van der Waals surface area (Å²) in [4.78, 5) is 4.18. The fourth-order valence-electron chi connectivity index (χ4n) is 2.15. The van der Waals surface area contributed by atoms with Crippen molar-refractivity contribution < 1.29 is 19.0 Å². The van der Waals surface area contributed by atoms with Gasteiger partial charge in [-0.2, -0.15) is 0 Å². The second-order valence-electron chi connectivity index (χ2n) is 5.14. The molecule has 25 heavy (non-hydrogen) atoms. The summed E-state index contributed by atoms with van der Waals surface area (Å²) in [6.45, 7) is 5.01. The lowest BCUT2D eigenvalue weighted by Crippen LogP contribution is -2.23. The van der Waals surface area contributed by atoms with Crippen molar-refractivity contribution in [3.63, 3.8) is 0 Å². The topological polar surface area (TPSA) is 89.1 Å². The summed E-state index contributed by atoms with van der Waals surface area (Å²) in [6.07, 6.45) is 0. The zero-order valence-electron chi connectivity index (χ0n) is 14.3. The number of hydrogen-bond donors (Lipinski definition) is 3. The Morgan fingerprint density at radius 2 is 1.92 bits per heavy atom. The maximum absolute atomic E-state index is 13.3. The lowest BCUT2D eigenvalue weighted by atomic mass is 10.2. The summed E-state index contributed by atoms with van der Waals surface area (Å²) >= 11 is 0. The molecule has 0 fully saturated rings. The van der Waals surface area contributed by atoms with Crippen LogP contribution in [0, 0.1) is 5.82 Å². The summed E-state index contributed by atoms with van der Waals surface area (Å²) in [5.74, 6) is 0.375. The van der Waals surface area contributed by atoms with Gasteiger partial charge >= 0.3 is 0 Å². The monoisotopic (exact) mass is 347 g/mol. The molecule has 0 unspecified atom stereocenters. The highest BCUT2D eigenvalue weighted by Crippen LogP contribution is 2.29. The molecule has 0 spiro atoms. The number of nitrogens with two attached hydrogens (primary N) is 1. The molecule has 0 radical (unpaired) electrons. The predicted octanol–water partition coefficient (Wildman–Crippen LogP) is 3.26. The summed E-state index contributed by atoms with van der Waals surface area (Å²) in [7, 11) is 0. The number of phenolic OH excluding ortho intramolecular Hbond substituents is 1. The van der Waals surface area contributed by atoms with Gasteiger partial charge in [-0.15, -0.1) is 0 Å². The van der Waals surface area contributed by atoms with Gasteiger partial charge in [-0.25, -0.2) is 9.38 Å². The molecule has 0 aliphatic heterocycles. The quantitative estimate of drug-likeness (QED) is 0.528. The number of aliphatic imine (C=N–C) groups is 1. The van der Waals surface area contributed by atoms with Crippen LogP contribution < -0.4 is 20.5 Å². The van der Waals surface area contributed by atoms with Gasteiger partial charge in [-0.1, -0.05) is 6.07 Å². The zero-order valence-corrected chi connectivity index (χ0v) is 14.3. The lowest BCUT2D eigenvalue weighted by molar-refractivity contribution is 0.332. The Bertz CT molecular complexity index is 750. The second-order valence-corrected chi connectivity index (χ2v) is 5.14. The van der Waals surface area contributed by atoms with Crippen LogP contribution in [-0.2, 0) is 6.54 Å². The molecule has 134 valence electrons. The van der Waals surface area contributed by atoms with E-state index in [4.69, 9.17) is 15.2 Å². The van der Waals surface area contributed by atoms with Crippen LogP contribution in [0.5, 0.6) is 17.2 Å². The number of rotatable bonds is 7. The molecular weight excluding hydrogens is 325 g/mol. The van der Waals surface area contributed by atoms with Gasteiger partial charge in [0, 0.05) is 6.07 Å². The van der Waals surface area contributed by atoms with Crippen molar-refractivity contribution in [3.05, 3.63) is 47.8 Å². The Balaban J connectivity index is 2.12. The molecule has 0 heterocycles. The van der Waals surface area contributed by atoms with E-state index in [1.807, 2.05) is 19.9 Å². The highest BCUT2D eigenvalue weighted by molar-refractivity contribution is 5.94. The molecule has 0 saturated heterocycles. The average Bonchev–Trinajstić information content (AvgIpc) is 2.59. The molecule has 0 aromatic heterocycles. The zero-order chi connectivity index (χ0) is 18.2. The first kappa shape index (κ1) is 18.4. The number of aromatic hydroxyl groups is 1. The summed E-state index contributed by atoms with van der Waals surface area (Å²) < 4.78 is 24.4. The summed E-state index contributed by atoms with van der Waals surface area (Å²) in [5, 5.41) is 12.2. The van der Waals surface area contributed by atoms with Crippen LogP contribution in [0.2, 0.25) is 0 Å². The van der Waals surface area contributed by atoms with Crippen molar-refractivity contribution in [3.8, 4) is 17.2 Å². The minimum Gasteiger partial charge on any atom is -0.505 e. The number of anilines is 1. The number of guanidine groups is 1. The molecular formula is C18H22FN3O3. The van der Waals surface area contributed by atoms with Crippen LogP contribution in [0.4, 0.5) is 10.1 Å². The molecule has 0 saturated carbocycles. The largest absolute Gasteiger partial charge is 0.505 e. The Morgan fingerprint density at radius 3 is 2.60 bits per heavy atom. The molecule has 7 heteroatoms. The molecule has 0 bridgehead atoms. The molecule has 0 atom stereocenters. The maximum Gasteiger partial charge on any atom is 0.193 e. The van der Waals surface area contributed by atoms with Crippen molar-refractivity contribution in [2.45, 2.75) is 20.4 Å². The fraction of sp³-hybridized carbons (Fsp3) is 0.278. The van der Waals surface area contributed by atoms with Crippen molar-refractivity contribution in [2.24, 2.45) is 10.7 Å². The number of ether oxygens (including phenoxy) is 2. The third-order valence-electron chi connectivity index (χ3n) is 3.27. The van der Waals surface area contributed by atoms with E-state index in [0.717, 1.165) is 0 Å². The van der Waals surface area contributed by atoms with Gasteiger partial charge in [0.1, 0.15) is 11.5 Å². The van der Waals surface area contributed by atoms with Crippen LogP contribution in [0.15, 0.2) is 41.4 Å². The third-order valence-corrected chi connectivity index (χ3v) is 3.27. The minimum absolute atomic E-state index is 0.156. The van der Waals surface area contributed by atoms with Crippen LogP contribution in [0.25, 0.3) is 0 Å². The van der Waals surface area contributed by atoms with E-state index in [1.54, 1.807) is 18.2 Å². The molecule has 0 amide bonds. The number of hydrogen-bond acceptors (Lipinski definition) is 4. The predicted molar refractivity (Wildman–Crippen MR) is 95.8 cm³/mol. The van der Waals surface area contributed by atoms with Gasteiger partial charge in [-0.05, 0) is 43.7 Å². The van der Waals surface area contributed by atoms with E-state index >= 15 is 0 Å². The molecule has 4 N–H and O–H groups in total. The minimum atomic E-state index is -0.692. The number of nitrogens with one attached hydrogen (secondary N) is 1. The Kier molecular flexibility index (Phi) is 6.45. The highest BCUT2D eigenvalue weighted by atomic mass is 19.1. The lowest BCUT2D eigenvalue weighted by Gasteiger charge is -2.14. The van der Waals surface area contributed by atoms with Crippen molar-refractivity contribution in [1.82, 2.24) is 0 Å². The first-order valence-electron chi connectivity index (χ1n) is 7.97. The van der Waals surface area contributed by atoms with Gasteiger partial charge in [0.15, 0.2) is 17.5 Å². The van der Waals surface area contributed by atoms with Crippen LogP contribution in [0.3, 0.4) is 0 Å². The van der Waals surface area contributed by atoms with Gasteiger partial charge in [0.2, 0.25) is 0 Å². The number of nitrogens with zero attached hydrogens (tertiary/aromatic N) is 1. The Hall–Kier alpha value is -2.96. The standard InChI is InChI=1S/C18H22FN3O3/c1-3-24-13-6-8-17(25-4-2)15(10-13)22-18(20)21-11-12-5-7-16(23)14(19)9-12/h5-10,23H,3-4,11H2,1-2H3,(H3,20,21,22). The molecule has 0 aliphatic rings. The van der Waals surface area contributed by atoms with Gasteiger partial charge in [0.25, 0.3) is 0 Å². The van der Waals surface area contributed by atoms with Crippen LogP contribution in [-0.4, -0.2) is 24.3 Å². The number of benzene rings is 2. The molecule has 6 nitrogen and oxygen atoms in total. The van der Waals surface area contributed by atoms with Gasteiger partial charge in [-0.3, -0.25) is 0 Å². The highest BCUT2D eigenvalue weighted by Gasteiger charge is 2.07. The Morgan fingerprint density at radius 1 is 1.16 bits per heavy atom. The summed E-state index contributed by atoms with van der Waals surface area (Å²) in [6, 6.07) is 9.45.